The Kier molecular flexibility index (Phi) is 20.7. The molecule has 0 aromatic heterocycles. The molecule has 1 atom stereocenters. The number of carbonyl (C=O) groups excluding carboxylic acids is 1. The first-order valence-electron chi connectivity index (χ1n) is 12.5. The molecular formula is C25H51NO2. The molecule has 0 saturated carbocycles. The maximum atomic E-state index is 12.1. The predicted molar refractivity (Wildman–Crippen MR) is 123 cm³/mol. The monoisotopic (exact) mass is 397 g/mol. The zero-order chi connectivity index (χ0) is 20.9. The van der Waals surface area contributed by atoms with E-state index in [1.807, 2.05) is 0 Å². The molecule has 0 aliphatic heterocycles. The Morgan fingerprint density at radius 3 is 1.89 bits per heavy atom. The smallest absolute Gasteiger partial charge is 0.305 e. The number of esters is 1. The van der Waals surface area contributed by atoms with E-state index in [0.29, 0.717) is 25.0 Å². The van der Waals surface area contributed by atoms with Crippen LogP contribution >= 0.6 is 0 Å². The van der Waals surface area contributed by atoms with Gasteiger partial charge in [0.25, 0.3) is 0 Å². The summed E-state index contributed by atoms with van der Waals surface area (Å²) in [5, 5.41) is 3.42. The normalized spacial score (nSPS) is 12.5. The van der Waals surface area contributed by atoms with Gasteiger partial charge in [-0.1, -0.05) is 98.3 Å². The van der Waals surface area contributed by atoms with Crippen molar-refractivity contribution in [2.24, 2.45) is 5.92 Å². The summed E-state index contributed by atoms with van der Waals surface area (Å²) in [6.07, 6.45) is 19.5. The molecule has 1 N–H and O–H groups in total. The number of hydrogen-bond acceptors (Lipinski definition) is 3. The van der Waals surface area contributed by atoms with Gasteiger partial charge in [-0.15, -0.1) is 0 Å². The van der Waals surface area contributed by atoms with Gasteiger partial charge in [0, 0.05) is 12.5 Å². The zero-order valence-corrected chi connectivity index (χ0v) is 19.7. The summed E-state index contributed by atoms with van der Waals surface area (Å²) in [5.74, 6) is 0.584. The molecule has 0 rings (SSSR count). The SMILES string of the molecule is CCCCCCCCC(CCCCCC)COC(=O)CCCCCNC(C)C. The largest absolute Gasteiger partial charge is 0.465 e. The van der Waals surface area contributed by atoms with Gasteiger partial charge in [-0.2, -0.15) is 0 Å². The Hall–Kier alpha value is -0.570. The fourth-order valence-corrected chi connectivity index (χ4v) is 3.63. The van der Waals surface area contributed by atoms with Crippen molar-refractivity contribution in [2.45, 2.75) is 136 Å². The van der Waals surface area contributed by atoms with Crippen LogP contribution in [0.1, 0.15) is 130 Å². The van der Waals surface area contributed by atoms with E-state index in [-0.39, 0.29) is 5.97 Å². The van der Waals surface area contributed by atoms with Crippen molar-refractivity contribution in [3.63, 3.8) is 0 Å². The van der Waals surface area contributed by atoms with E-state index in [0.717, 1.165) is 25.8 Å². The summed E-state index contributed by atoms with van der Waals surface area (Å²) in [5.41, 5.74) is 0. The number of unbranched alkanes of at least 4 members (excludes halogenated alkanes) is 10. The second-order valence-corrected chi connectivity index (χ2v) is 8.87. The second kappa shape index (κ2) is 21.1. The molecule has 0 heterocycles. The van der Waals surface area contributed by atoms with Crippen LogP contribution in [0.4, 0.5) is 0 Å². The van der Waals surface area contributed by atoms with Gasteiger partial charge in [-0.05, 0) is 38.1 Å². The van der Waals surface area contributed by atoms with Gasteiger partial charge in [0.2, 0.25) is 0 Å². The van der Waals surface area contributed by atoms with Crippen molar-refractivity contribution >= 4 is 5.97 Å². The minimum absolute atomic E-state index is 0.0123. The zero-order valence-electron chi connectivity index (χ0n) is 19.7. The highest BCUT2D eigenvalue weighted by atomic mass is 16.5. The molecule has 168 valence electrons. The second-order valence-electron chi connectivity index (χ2n) is 8.87. The molecular weight excluding hydrogens is 346 g/mol. The van der Waals surface area contributed by atoms with Crippen LogP contribution in [-0.2, 0) is 9.53 Å². The predicted octanol–water partition coefficient (Wildman–Crippen LogP) is 7.43. The van der Waals surface area contributed by atoms with Gasteiger partial charge in [-0.3, -0.25) is 4.79 Å². The maximum Gasteiger partial charge on any atom is 0.305 e. The van der Waals surface area contributed by atoms with Crippen molar-refractivity contribution in [1.29, 1.82) is 0 Å². The fraction of sp³-hybridized carbons (Fsp3) is 0.960. The summed E-state index contributed by atoms with van der Waals surface area (Å²) >= 11 is 0. The van der Waals surface area contributed by atoms with E-state index in [1.54, 1.807) is 0 Å². The molecule has 0 amide bonds. The third kappa shape index (κ3) is 20.2. The Balaban J connectivity index is 3.90. The molecule has 28 heavy (non-hydrogen) atoms. The molecule has 0 radical (unpaired) electrons. The molecule has 0 aliphatic carbocycles. The van der Waals surface area contributed by atoms with Gasteiger partial charge in [0.05, 0.1) is 6.61 Å². The number of rotatable bonds is 21. The first kappa shape index (κ1) is 27.4. The van der Waals surface area contributed by atoms with E-state index in [9.17, 15) is 4.79 Å². The van der Waals surface area contributed by atoms with Crippen LogP contribution in [0.2, 0.25) is 0 Å². The lowest BCUT2D eigenvalue weighted by Gasteiger charge is -2.17. The van der Waals surface area contributed by atoms with E-state index in [2.05, 4.69) is 33.0 Å². The van der Waals surface area contributed by atoms with E-state index < -0.39 is 0 Å². The first-order chi connectivity index (χ1) is 13.6. The highest BCUT2D eigenvalue weighted by molar-refractivity contribution is 5.69. The van der Waals surface area contributed by atoms with Crippen molar-refractivity contribution in [1.82, 2.24) is 5.32 Å². The van der Waals surface area contributed by atoms with Crippen LogP contribution in [0.25, 0.3) is 0 Å². The molecule has 0 bridgehead atoms. The number of carbonyl (C=O) groups is 1. The molecule has 0 aromatic rings. The summed E-state index contributed by atoms with van der Waals surface area (Å²) < 4.78 is 5.65. The highest BCUT2D eigenvalue weighted by Gasteiger charge is 2.12. The summed E-state index contributed by atoms with van der Waals surface area (Å²) in [6, 6.07) is 0.547. The van der Waals surface area contributed by atoms with Crippen LogP contribution < -0.4 is 5.32 Å². The minimum Gasteiger partial charge on any atom is -0.465 e. The molecule has 0 spiro atoms. The molecule has 3 heteroatoms. The van der Waals surface area contributed by atoms with Crippen molar-refractivity contribution in [2.75, 3.05) is 13.2 Å². The van der Waals surface area contributed by atoms with Gasteiger partial charge < -0.3 is 10.1 Å². The van der Waals surface area contributed by atoms with Crippen molar-refractivity contribution < 1.29 is 9.53 Å². The standard InChI is InChI=1S/C25H51NO2/c1-5-7-9-11-12-15-19-24(18-14-10-8-6-2)22-28-25(27)20-16-13-17-21-26-23(3)4/h23-24,26H,5-22H2,1-4H3. The third-order valence-electron chi connectivity index (χ3n) is 5.52. The van der Waals surface area contributed by atoms with E-state index in [4.69, 9.17) is 4.74 Å². The fourth-order valence-electron chi connectivity index (χ4n) is 3.63. The lowest BCUT2D eigenvalue weighted by Crippen LogP contribution is -2.23. The summed E-state index contributed by atoms with van der Waals surface area (Å²) in [6.45, 7) is 10.6. The molecule has 1 unspecified atom stereocenters. The van der Waals surface area contributed by atoms with Gasteiger partial charge in [-0.25, -0.2) is 0 Å². The Bertz CT molecular complexity index is 331. The van der Waals surface area contributed by atoms with Crippen LogP contribution in [0.3, 0.4) is 0 Å². The van der Waals surface area contributed by atoms with E-state index in [1.165, 1.54) is 77.0 Å². The number of nitrogens with one attached hydrogen (secondary N) is 1. The van der Waals surface area contributed by atoms with Gasteiger partial charge in [0.15, 0.2) is 0 Å². The third-order valence-corrected chi connectivity index (χ3v) is 5.52. The summed E-state index contributed by atoms with van der Waals surface area (Å²) in [7, 11) is 0. The first-order valence-corrected chi connectivity index (χ1v) is 12.5. The van der Waals surface area contributed by atoms with Crippen molar-refractivity contribution in [3.05, 3.63) is 0 Å². The van der Waals surface area contributed by atoms with Gasteiger partial charge in [0.1, 0.15) is 0 Å². The molecule has 3 nitrogen and oxygen atoms in total. The molecule has 0 aromatic carbocycles. The lowest BCUT2D eigenvalue weighted by atomic mass is 9.95. The summed E-state index contributed by atoms with van der Waals surface area (Å²) in [4.78, 5) is 12.1. The van der Waals surface area contributed by atoms with E-state index >= 15 is 0 Å². The average molecular weight is 398 g/mol. The highest BCUT2D eigenvalue weighted by Crippen LogP contribution is 2.19. The minimum atomic E-state index is 0.0123. The quantitative estimate of drug-likeness (QED) is 0.162. The van der Waals surface area contributed by atoms with Crippen LogP contribution in [0, 0.1) is 5.92 Å². The van der Waals surface area contributed by atoms with Crippen LogP contribution in [0.5, 0.6) is 0 Å². The molecule has 0 fully saturated rings. The number of hydrogen-bond donors (Lipinski definition) is 1. The molecule has 0 saturated heterocycles. The van der Waals surface area contributed by atoms with Crippen molar-refractivity contribution in [3.8, 4) is 0 Å². The lowest BCUT2D eigenvalue weighted by molar-refractivity contribution is -0.145. The maximum absolute atomic E-state index is 12.1. The number of ether oxygens (including phenoxy) is 1. The average Bonchev–Trinajstić information content (AvgIpc) is 2.67. The Labute approximate surface area is 176 Å². The van der Waals surface area contributed by atoms with Gasteiger partial charge >= 0.3 is 5.97 Å². The van der Waals surface area contributed by atoms with Crippen LogP contribution in [0.15, 0.2) is 0 Å². The van der Waals surface area contributed by atoms with Crippen LogP contribution in [-0.4, -0.2) is 25.2 Å². The Morgan fingerprint density at radius 1 is 0.750 bits per heavy atom. The Morgan fingerprint density at radius 2 is 1.29 bits per heavy atom. The molecule has 0 aliphatic rings. The topological polar surface area (TPSA) is 38.3 Å².